The highest BCUT2D eigenvalue weighted by molar-refractivity contribution is 7.78. The second-order valence-corrected chi connectivity index (χ2v) is 4.05. The molecule has 3 rings (SSSR count). The van der Waals surface area contributed by atoms with Crippen LogP contribution in [0.15, 0.2) is 37.2 Å². The summed E-state index contributed by atoms with van der Waals surface area (Å²) >= 11 is 4.23. The van der Waals surface area contributed by atoms with Gasteiger partial charge in [-0.15, -0.1) is 0 Å². The number of hydrogen-bond donors (Lipinski definition) is 1. The lowest BCUT2D eigenvalue weighted by Crippen LogP contribution is -1.96. The molecule has 0 fully saturated rings. The quantitative estimate of drug-likeness (QED) is 0.693. The molecule has 0 N–H and O–H groups in total. The van der Waals surface area contributed by atoms with Gasteiger partial charge in [0.05, 0.1) is 5.69 Å². The zero-order valence-electron chi connectivity index (χ0n) is 8.85. The first-order valence-corrected chi connectivity index (χ1v) is 5.49. The van der Waals surface area contributed by atoms with Crippen LogP contribution in [-0.2, 0) is 6.42 Å². The van der Waals surface area contributed by atoms with Crippen molar-refractivity contribution in [1.29, 1.82) is 0 Å². The van der Waals surface area contributed by atoms with Crippen molar-refractivity contribution in [2.24, 2.45) is 0 Å². The van der Waals surface area contributed by atoms with Crippen molar-refractivity contribution in [3.63, 3.8) is 0 Å². The molecule has 0 atom stereocenters. The van der Waals surface area contributed by atoms with E-state index >= 15 is 0 Å². The molecule has 0 unspecified atom stereocenters. The Hall–Kier alpha value is -1.95. The highest BCUT2D eigenvalue weighted by Crippen LogP contribution is 2.16. The first kappa shape index (κ1) is 10.2. The van der Waals surface area contributed by atoms with Gasteiger partial charge in [0.15, 0.2) is 5.65 Å². The lowest BCUT2D eigenvalue weighted by molar-refractivity contribution is 1.04. The van der Waals surface area contributed by atoms with Crippen molar-refractivity contribution >= 4 is 24.0 Å². The third-order valence-corrected chi connectivity index (χ3v) is 2.78. The van der Waals surface area contributed by atoms with Gasteiger partial charge in [-0.25, -0.2) is 15.0 Å². The van der Waals surface area contributed by atoms with E-state index in [0.717, 1.165) is 22.4 Å². The average molecular weight is 243 g/mol. The fraction of sp³-hybridized carbons (Fsp3) is 0.0909. The van der Waals surface area contributed by atoms with E-state index in [1.54, 1.807) is 16.5 Å². The lowest BCUT2D eigenvalue weighted by Gasteiger charge is -2.01. The van der Waals surface area contributed by atoms with Crippen LogP contribution in [0.2, 0.25) is 0 Å². The van der Waals surface area contributed by atoms with Crippen molar-refractivity contribution in [2.45, 2.75) is 6.42 Å². The van der Waals surface area contributed by atoms with Crippen molar-refractivity contribution in [3.05, 3.63) is 48.4 Å². The summed E-state index contributed by atoms with van der Waals surface area (Å²) in [5.41, 5.74) is 3.49. The molecule has 17 heavy (non-hydrogen) atoms. The highest BCUT2D eigenvalue weighted by Gasteiger charge is 2.09. The van der Waals surface area contributed by atoms with Crippen molar-refractivity contribution in [2.75, 3.05) is 0 Å². The van der Waals surface area contributed by atoms with Gasteiger partial charge >= 0.3 is 0 Å². The molecule has 0 radical (unpaired) electrons. The summed E-state index contributed by atoms with van der Waals surface area (Å²) in [7, 11) is 0. The van der Waals surface area contributed by atoms with Crippen LogP contribution in [0.3, 0.4) is 0 Å². The lowest BCUT2D eigenvalue weighted by atomic mass is 10.1. The van der Waals surface area contributed by atoms with Crippen molar-refractivity contribution in [3.8, 4) is 0 Å². The maximum atomic E-state index is 4.27. The van der Waals surface area contributed by atoms with E-state index in [9.17, 15) is 0 Å². The summed E-state index contributed by atoms with van der Waals surface area (Å²) in [4.78, 5) is 16.7. The molecule has 0 aliphatic rings. The number of pyridine rings is 1. The Labute approximate surface area is 103 Å². The van der Waals surface area contributed by atoms with Crippen LogP contribution in [0.4, 0.5) is 0 Å². The predicted molar refractivity (Wildman–Crippen MR) is 66.8 cm³/mol. The van der Waals surface area contributed by atoms with Gasteiger partial charge in [0.1, 0.15) is 18.2 Å². The van der Waals surface area contributed by atoms with E-state index in [4.69, 9.17) is 0 Å². The predicted octanol–water partition coefficient (Wildman–Crippen LogP) is 1.50. The smallest absolute Gasteiger partial charge is 0.173 e. The molecule has 6 heteroatoms. The van der Waals surface area contributed by atoms with Gasteiger partial charge in [-0.05, 0) is 11.6 Å². The molecule has 0 amide bonds. The third kappa shape index (κ3) is 1.87. The van der Waals surface area contributed by atoms with Crippen molar-refractivity contribution in [1.82, 2.24) is 23.9 Å². The van der Waals surface area contributed by atoms with Crippen LogP contribution in [0.25, 0.3) is 11.2 Å². The van der Waals surface area contributed by atoms with Crippen LogP contribution >= 0.6 is 12.8 Å². The maximum absolute atomic E-state index is 4.27. The number of fused-ring (bicyclic) bond motifs is 1. The second kappa shape index (κ2) is 4.14. The van der Waals surface area contributed by atoms with Crippen LogP contribution in [0, 0.1) is 0 Å². The monoisotopic (exact) mass is 243 g/mol. The Balaban J connectivity index is 2.06. The summed E-state index contributed by atoms with van der Waals surface area (Å²) in [5, 5.41) is 0. The minimum atomic E-state index is 0.692. The van der Waals surface area contributed by atoms with Crippen LogP contribution in [-0.4, -0.2) is 23.9 Å². The van der Waals surface area contributed by atoms with Gasteiger partial charge in [0.25, 0.3) is 0 Å². The number of nitrogens with zero attached hydrogens (tertiary/aromatic N) is 5. The fourth-order valence-electron chi connectivity index (χ4n) is 1.70. The molecule has 0 bridgehead atoms. The molecule has 84 valence electrons. The van der Waals surface area contributed by atoms with E-state index in [0.29, 0.717) is 6.42 Å². The van der Waals surface area contributed by atoms with E-state index < -0.39 is 0 Å². The van der Waals surface area contributed by atoms with Gasteiger partial charge in [0, 0.05) is 18.8 Å². The van der Waals surface area contributed by atoms with Gasteiger partial charge in [-0.3, -0.25) is 8.96 Å². The summed E-state index contributed by atoms with van der Waals surface area (Å²) in [6.07, 6.45) is 7.42. The number of thiol groups is 1. The number of rotatable bonds is 2. The average Bonchev–Trinajstić information content (AvgIpc) is 2.74. The second-order valence-electron chi connectivity index (χ2n) is 3.62. The van der Waals surface area contributed by atoms with Crippen LogP contribution in [0.5, 0.6) is 0 Å². The third-order valence-electron chi connectivity index (χ3n) is 2.49. The molecule has 0 aliphatic heterocycles. The number of aromatic nitrogens is 5. The number of hydrogen-bond acceptors (Lipinski definition) is 5. The summed E-state index contributed by atoms with van der Waals surface area (Å²) < 4.78 is 1.59. The SMILES string of the molecule is Sn1cnc2c(Cc3cccnc3)ncnc21. The Morgan fingerprint density at radius 3 is 3.00 bits per heavy atom. The minimum absolute atomic E-state index is 0.692. The maximum Gasteiger partial charge on any atom is 0.173 e. The molecule has 3 aromatic heterocycles. The van der Waals surface area contributed by atoms with Gasteiger partial charge in [-0.2, -0.15) is 0 Å². The van der Waals surface area contributed by atoms with E-state index in [1.807, 2.05) is 18.3 Å². The zero-order valence-corrected chi connectivity index (χ0v) is 9.75. The highest BCUT2D eigenvalue weighted by atomic mass is 32.1. The zero-order chi connectivity index (χ0) is 11.7. The largest absolute Gasteiger partial charge is 0.264 e. The normalized spacial score (nSPS) is 10.9. The molecular weight excluding hydrogens is 234 g/mol. The summed E-state index contributed by atoms with van der Waals surface area (Å²) in [6.45, 7) is 0. The van der Waals surface area contributed by atoms with E-state index in [1.165, 1.54) is 6.33 Å². The molecular formula is C11H9N5S. The van der Waals surface area contributed by atoms with Gasteiger partial charge < -0.3 is 0 Å². The first-order valence-electron chi connectivity index (χ1n) is 5.09. The topological polar surface area (TPSA) is 56.5 Å². The van der Waals surface area contributed by atoms with E-state index in [2.05, 4.69) is 32.8 Å². The molecule has 5 nitrogen and oxygen atoms in total. The molecule has 0 spiro atoms. The Kier molecular flexibility index (Phi) is 2.49. The Morgan fingerprint density at radius 1 is 1.24 bits per heavy atom. The summed E-state index contributed by atoms with van der Waals surface area (Å²) in [6, 6.07) is 3.92. The Bertz CT molecular complexity index is 649. The fourth-order valence-corrected chi connectivity index (χ4v) is 1.90. The van der Waals surface area contributed by atoms with Crippen LogP contribution in [0.1, 0.15) is 11.3 Å². The Morgan fingerprint density at radius 2 is 2.18 bits per heavy atom. The van der Waals surface area contributed by atoms with Gasteiger partial charge in [0.2, 0.25) is 0 Å². The standard InChI is InChI=1S/C11H9N5S/c17-16-7-15-10-9(13-6-14-11(10)16)4-8-2-1-3-12-5-8/h1-3,5-7,17H,4H2. The minimum Gasteiger partial charge on any atom is -0.264 e. The molecule has 0 saturated carbocycles. The number of imidazole rings is 1. The van der Waals surface area contributed by atoms with E-state index in [-0.39, 0.29) is 0 Å². The van der Waals surface area contributed by atoms with Crippen LogP contribution < -0.4 is 0 Å². The molecule has 0 saturated heterocycles. The van der Waals surface area contributed by atoms with Crippen molar-refractivity contribution < 1.29 is 0 Å². The molecule has 0 aromatic carbocycles. The summed E-state index contributed by atoms with van der Waals surface area (Å²) in [5.74, 6) is 0. The molecule has 3 heterocycles. The molecule has 3 aromatic rings. The molecule has 0 aliphatic carbocycles. The van der Waals surface area contributed by atoms with Gasteiger partial charge in [-0.1, -0.05) is 18.9 Å². The first-order chi connectivity index (χ1) is 8.34.